The largest absolute Gasteiger partial charge is 0.395 e. The van der Waals surface area contributed by atoms with Crippen molar-refractivity contribution in [2.45, 2.75) is 82.5 Å². The Labute approximate surface area is 261 Å². The van der Waals surface area contributed by atoms with Gasteiger partial charge in [-0.1, -0.05) is 18.2 Å². The maximum atomic E-state index is 15.0. The maximum absolute atomic E-state index is 15.0. The fourth-order valence-corrected chi connectivity index (χ4v) is 5.87. The second-order valence-corrected chi connectivity index (χ2v) is 12.7. The lowest BCUT2D eigenvalue weighted by atomic mass is 9.55. The van der Waals surface area contributed by atoms with E-state index in [1.807, 2.05) is 6.07 Å². The SMILES string of the molecule is [B]C(O)(C=O)C([B])(O)C(C(=O)NC)N(C=O)Cc1c(C)cccc1NCc1cc(CN2CC(C)(C)OC(C)(C)C2)ccc1F. The van der Waals surface area contributed by atoms with E-state index >= 15 is 0 Å². The minimum absolute atomic E-state index is 0.102. The molecular formula is C31H41B2FN4O6. The second kappa shape index (κ2) is 13.4. The van der Waals surface area contributed by atoms with Crippen molar-refractivity contribution in [2.75, 3.05) is 25.5 Å². The highest BCUT2D eigenvalue weighted by molar-refractivity contribution is 6.33. The van der Waals surface area contributed by atoms with Gasteiger partial charge in [-0.3, -0.25) is 14.5 Å². The summed E-state index contributed by atoms with van der Waals surface area (Å²) in [5.74, 6) is -1.36. The van der Waals surface area contributed by atoms with Gasteiger partial charge in [0, 0.05) is 51.0 Å². The molecule has 0 bridgehead atoms. The van der Waals surface area contributed by atoms with E-state index in [9.17, 15) is 29.0 Å². The van der Waals surface area contributed by atoms with Crippen molar-refractivity contribution in [3.8, 4) is 0 Å². The lowest BCUT2D eigenvalue weighted by molar-refractivity contribution is -0.182. The molecule has 0 aromatic heterocycles. The number of anilines is 1. The van der Waals surface area contributed by atoms with Crippen LogP contribution in [0.4, 0.5) is 10.1 Å². The van der Waals surface area contributed by atoms with Gasteiger partial charge in [0.25, 0.3) is 0 Å². The smallest absolute Gasteiger partial charge is 0.244 e. The van der Waals surface area contributed by atoms with E-state index in [1.54, 1.807) is 31.2 Å². The average Bonchev–Trinajstić information content (AvgIpc) is 2.91. The molecule has 3 rings (SSSR count). The van der Waals surface area contributed by atoms with E-state index in [-0.39, 0.29) is 37.0 Å². The van der Waals surface area contributed by atoms with Crippen LogP contribution >= 0.6 is 0 Å². The molecule has 0 spiro atoms. The topological polar surface area (TPSA) is 131 Å². The molecule has 1 saturated heterocycles. The third-order valence-electron chi connectivity index (χ3n) is 7.70. The molecule has 4 radical (unpaired) electrons. The van der Waals surface area contributed by atoms with Gasteiger partial charge in [0.1, 0.15) is 33.8 Å². The van der Waals surface area contributed by atoms with Crippen LogP contribution in [0.1, 0.15) is 49.9 Å². The van der Waals surface area contributed by atoms with Crippen LogP contribution in [0.3, 0.4) is 0 Å². The summed E-state index contributed by atoms with van der Waals surface area (Å²) in [4.78, 5) is 39.5. The zero-order valence-corrected chi connectivity index (χ0v) is 26.2. The molecule has 2 amide bonds. The van der Waals surface area contributed by atoms with Gasteiger partial charge in [0.05, 0.1) is 22.2 Å². The second-order valence-electron chi connectivity index (χ2n) is 12.7. The Morgan fingerprint density at radius 1 is 1.16 bits per heavy atom. The summed E-state index contributed by atoms with van der Waals surface area (Å²) in [7, 11) is 12.5. The van der Waals surface area contributed by atoms with Gasteiger partial charge >= 0.3 is 0 Å². The van der Waals surface area contributed by atoms with Crippen molar-refractivity contribution in [1.29, 1.82) is 0 Å². The molecule has 2 aromatic carbocycles. The number of nitrogens with zero attached hydrogens (tertiary/aromatic N) is 2. The summed E-state index contributed by atoms with van der Waals surface area (Å²) < 4.78 is 21.2. The van der Waals surface area contributed by atoms with Crippen molar-refractivity contribution >= 4 is 40.0 Å². The minimum atomic E-state index is -3.06. The highest BCUT2D eigenvalue weighted by Crippen LogP contribution is 2.30. The molecule has 3 atom stereocenters. The van der Waals surface area contributed by atoms with Gasteiger partial charge in [-0.15, -0.1) is 0 Å². The Hall–Kier alpha value is -3.25. The molecule has 0 aliphatic carbocycles. The third kappa shape index (κ3) is 8.06. The summed E-state index contributed by atoms with van der Waals surface area (Å²) in [6, 6.07) is 8.31. The maximum Gasteiger partial charge on any atom is 0.244 e. The van der Waals surface area contributed by atoms with Gasteiger partial charge in [-0.25, -0.2) is 4.39 Å². The van der Waals surface area contributed by atoms with Crippen molar-refractivity contribution in [2.24, 2.45) is 0 Å². The number of hydrogen-bond donors (Lipinski definition) is 4. The number of hydrogen-bond acceptors (Lipinski definition) is 8. The molecule has 4 N–H and O–H groups in total. The van der Waals surface area contributed by atoms with Gasteiger partial charge in [0.2, 0.25) is 12.3 Å². The number of amides is 2. The van der Waals surface area contributed by atoms with E-state index in [0.717, 1.165) is 23.6 Å². The van der Waals surface area contributed by atoms with Crippen LogP contribution in [-0.4, -0.2) is 103 Å². The van der Waals surface area contributed by atoms with Gasteiger partial charge < -0.3 is 35.3 Å². The number of aryl methyl sites for hydroxylation is 1. The van der Waals surface area contributed by atoms with Gasteiger partial charge in [0.15, 0.2) is 0 Å². The molecule has 1 heterocycles. The van der Waals surface area contributed by atoms with Crippen molar-refractivity contribution in [1.82, 2.24) is 15.1 Å². The number of aldehydes is 1. The van der Waals surface area contributed by atoms with Gasteiger partial charge in [-0.2, -0.15) is 0 Å². The first-order valence-corrected chi connectivity index (χ1v) is 14.3. The molecule has 234 valence electrons. The third-order valence-corrected chi connectivity index (χ3v) is 7.70. The molecule has 0 saturated carbocycles. The molecule has 3 unspecified atom stereocenters. The highest BCUT2D eigenvalue weighted by Gasteiger charge is 2.52. The molecule has 2 aromatic rings. The molecule has 1 aliphatic rings. The number of carbonyl (C=O) groups is 3. The molecule has 1 aliphatic heterocycles. The van der Waals surface area contributed by atoms with Crippen molar-refractivity contribution in [3.63, 3.8) is 0 Å². The van der Waals surface area contributed by atoms with Crippen LogP contribution < -0.4 is 10.6 Å². The predicted octanol–water partition coefficient (Wildman–Crippen LogP) is 1.12. The summed E-state index contributed by atoms with van der Waals surface area (Å²) in [6.45, 7) is 11.9. The Morgan fingerprint density at radius 2 is 1.80 bits per heavy atom. The lowest BCUT2D eigenvalue weighted by Gasteiger charge is -2.47. The van der Waals surface area contributed by atoms with Crippen LogP contribution in [0, 0.1) is 12.7 Å². The number of ether oxygens (including phenoxy) is 1. The fraction of sp³-hybridized carbons (Fsp3) is 0.516. The van der Waals surface area contributed by atoms with E-state index in [4.69, 9.17) is 20.4 Å². The number of morpholine rings is 1. The van der Waals surface area contributed by atoms with Crippen molar-refractivity contribution < 1.29 is 33.7 Å². The van der Waals surface area contributed by atoms with E-state index < -0.39 is 28.8 Å². The molecular weight excluding hydrogens is 565 g/mol. The fourth-order valence-electron chi connectivity index (χ4n) is 5.87. The summed E-state index contributed by atoms with van der Waals surface area (Å²) >= 11 is 0. The predicted molar refractivity (Wildman–Crippen MR) is 166 cm³/mol. The zero-order chi connectivity index (χ0) is 33.1. The quantitative estimate of drug-likeness (QED) is 0.197. The van der Waals surface area contributed by atoms with Crippen LogP contribution in [0.5, 0.6) is 0 Å². The molecule has 10 nitrogen and oxygen atoms in total. The van der Waals surface area contributed by atoms with Crippen LogP contribution in [0.15, 0.2) is 36.4 Å². The number of rotatable bonds is 13. The number of nitrogens with one attached hydrogen (secondary N) is 2. The normalized spacial score (nSPS) is 19.6. The Kier molecular flexibility index (Phi) is 10.7. The number of halogens is 1. The Bertz CT molecular complexity index is 1350. The average molecular weight is 606 g/mol. The summed E-state index contributed by atoms with van der Waals surface area (Å²) in [5, 5.41) is 26.6. The number of likely N-dealkylation sites (N-methyl/N-ethyl adjacent to an activating group) is 1. The van der Waals surface area contributed by atoms with Crippen LogP contribution in [0.2, 0.25) is 0 Å². The number of carbonyl (C=O) groups excluding carboxylic acids is 3. The first kappa shape index (κ1) is 35.2. The summed E-state index contributed by atoms with van der Waals surface area (Å²) in [6.07, 6.45) is 0.0440. The highest BCUT2D eigenvalue weighted by atomic mass is 19.1. The monoisotopic (exact) mass is 606 g/mol. The molecule has 44 heavy (non-hydrogen) atoms. The van der Waals surface area contributed by atoms with Crippen LogP contribution in [0.25, 0.3) is 0 Å². The lowest BCUT2D eigenvalue weighted by Crippen LogP contribution is -2.70. The summed E-state index contributed by atoms with van der Waals surface area (Å²) in [5.41, 5.74) is -3.67. The van der Waals surface area contributed by atoms with Crippen molar-refractivity contribution in [3.05, 3.63) is 64.5 Å². The number of benzene rings is 2. The first-order valence-electron chi connectivity index (χ1n) is 14.3. The van der Waals surface area contributed by atoms with Crippen LogP contribution in [-0.2, 0) is 38.8 Å². The van der Waals surface area contributed by atoms with E-state index in [1.165, 1.54) is 13.1 Å². The Balaban J connectivity index is 1.86. The number of aliphatic hydroxyl groups is 2. The Morgan fingerprint density at radius 3 is 2.36 bits per heavy atom. The zero-order valence-electron chi connectivity index (χ0n) is 26.2. The van der Waals surface area contributed by atoms with E-state index in [0.29, 0.717) is 28.9 Å². The molecule has 13 heteroatoms. The standard InChI is InChI=1S/C31H41B2FN4O6/c1-20-8-7-9-25(23(20)15-38(19-40)26(27(41)35-6)31(33,43)30(32,42)18-39)36-13-22-12-21(10-11-24(22)34)14-37-16-28(2,3)44-29(4,5)17-37/h7-12,18-19,26,36,42-43H,13-17H2,1-6H3,(H,35,41). The first-order chi connectivity index (χ1) is 20.4. The van der Waals surface area contributed by atoms with E-state index in [2.05, 4.69) is 43.2 Å². The molecule has 1 fully saturated rings. The van der Waals surface area contributed by atoms with Gasteiger partial charge in [-0.05, 0) is 69.5 Å². The minimum Gasteiger partial charge on any atom is -0.395 e.